The minimum Gasteiger partial charge on any atom is -0.489 e. The van der Waals surface area contributed by atoms with Gasteiger partial charge in [-0.3, -0.25) is 0 Å². The standard InChI is InChI=1S/C18H21BrO3/c1-21-18(20)15-9-14(19)2-3-16(15)22-17-12-5-10-4-11(7-12)8-13(17)6-10/h2-3,9-13,17H,4-8H2,1H3. The molecule has 1 aromatic rings. The average Bonchev–Trinajstić information content (AvgIpc) is 2.50. The predicted octanol–water partition coefficient (Wildman–Crippen LogP) is 4.44. The molecule has 4 aliphatic rings. The van der Waals surface area contributed by atoms with Gasteiger partial charge in [0.2, 0.25) is 0 Å². The van der Waals surface area contributed by atoms with Crippen molar-refractivity contribution >= 4 is 21.9 Å². The van der Waals surface area contributed by atoms with Gasteiger partial charge in [0.1, 0.15) is 17.4 Å². The lowest BCUT2D eigenvalue weighted by molar-refractivity contribution is -0.0792. The summed E-state index contributed by atoms with van der Waals surface area (Å²) >= 11 is 3.42. The van der Waals surface area contributed by atoms with Crippen molar-refractivity contribution in [2.45, 2.75) is 38.2 Å². The van der Waals surface area contributed by atoms with Crippen molar-refractivity contribution in [3.05, 3.63) is 28.2 Å². The van der Waals surface area contributed by atoms with Gasteiger partial charge in [-0.1, -0.05) is 15.9 Å². The van der Waals surface area contributed by atoms with Gasteiger partial charge in [0.05, 0.1) is 7.11 Å². The van der Waals surface area contributed by atoms with E-state index in [1.54, 1.807) is 6.07 Å². The second-order valence-corrected chi connectivity index (χ2v) is 8.06. The Balaban J connectivity index is 1.60. The Labute approximate surface area is 139 Å². The minimum atomic E-state index is -0.333. The molecule has 3 nitrogen and oxygen atoms in total. The van der Waals surface area contributed by atoms with Crippen LogP contribution in [0.15, 0.2) is 22.7 Å². The third-order valence-electron chi connectivity index (χ3n) is 5.75. The number of carbonyl (C=O) groups excluding carboxylic acids is 1. The molecule has 0 atom stereocenters. The minimum absolute atomic E-state index is 0.275. The first kappa shape index (κ1) is 14.6. The number of carbonyl (C=O) groups is 1. The summed E-state index contributed by atoms with van der Waals surface area (Å²) < 4.78 is 12.1. The van der Waals surface area contributed by atoms with Crippen molar-refractivity contribution in [3.63, 3.8) is 0 Å². The van der Waals surface area contributed by atoms with Crippen molar-refractivity contribution in [3.8, 4) is 5.75 Å². The van der Waals surface area contributed by atoms with E-state index in [2.05, 4.69) is 15.9 Å². The van der Waals surface area contributed by atoms with Gasteiger partial charge in [0.25, 0.3) is 0 Å². The molecule has 4 fully saturated rings. The number of esters is 1. The van der Waals surface area contributed by atoms with Crippen molar-refractivity contribution in [2.75, 3.05) is 7.11 Å². The van der Waals surface area contributed by atoms with Crippen LogP contribution in [0.1, 0.15) is 42.5 Å². The van der Waals surface area contributed by atoms with E-state index in [-0.39, 0.29) is 12.1 Å². The molecule has 0 N–H and O–H groups in total. The lowest BCUT2D eigenvalue weighted by atomic mass is 9.55. The van der Waals surface area contributed by atoms with Gasteiger partial charge >= 0.3 is 5.97 Å². The molecule has 4 saturated carbocycles. The smallest absolute Gasteiger partial charge is 0.341 e. The van der Waals surface area contributed by atoms with Crippen LogP contribution in [0.3, 0.4) is 0 Å². The number of ether oxygens (including phenoxy) is 2. The van der Waals surface area contributed by atoms with Crippen LogP contribution >= 0.6 is 15.9 Å². The number of methoxy groups -OCH3 is 1. The Morgan fingerprint density at radius 2 is 1.73 bits per heavy atom. The average molecular weight is 365 g/mol. The number of benzene rings is 1. The van der Waals surface area contributed by atoms with Gasteiger partial charge in [0.15, 0.2) is 0 Å². The van der Waals surface area contributed by atoms with E-state index < -0.39 is 0 Å². The van der Waals surface area contributed by atoms with Crippen molar-refractivity contribution in [1.82, 2.24) is 0 Å². The van der Waals surface area contributed by atoms with E-state index in [0.29, 0.717) is 23.1 Å². The van der Waals surface area contributed by atoms with Crippen LogP contribution in [0.25, 0.3) is 0 Å². The van der Waals surface area contributed by atoms with Crippen LogP contribution in [0, 0.1) is 23.7 Å². The summed E-state index contributed by atoms with van der Waals surface area (Å²) in [4.78, 5) is 12.0. The first-order chi connectivity index (χ1) is 10.6. The first-order valence-electron chi connectivity index (χ1n) is 8.18. The highest BCUT2D eigenvalue weighted by atomic mass is 79.9. The third kappa shape index (κ3) is 2.45. The van der Waals surface area contributed by atoms with E-state index in [0.717, 1.165) is 16.3 Å². The molecule has 4 bridgehead atoms. The van der Waals surface area contributed by atoms with E-state index >= 15 is 0 Å². The van der Waals surface area contributed by atoms with E-state index in [4.69, 9.17) is 9.47 Å². The van der Waals surface area contributed by atoms with Crippen LogP contribution in [0.5, 0.6) is 5.75 Å². The van der Waals surface area contributed by atoms with Gasteiger partial charge in [-0.15, -0.1) is 0 Å². The molecule has 0 aromatic heterocycles. The predicted molar refractivity (Wildman–Crippen MR) is 86.9 cm³/mol. The highest BCUT2D eigenvalue weighted by Gasteiger charge is 2.49. The molecule has 0 aliphatic heterocycles. The summed E-state index contributed by atoms with van der Waals surface area (Å²) in [5, 5.41) is 0. The van der Waals surface area contributed by atoms with E-state index in [1.165, 1.54) is 39.2 Å². The SMILES string of the molecule is COC(=O)c1cc(Br)ccc1OC1C2CC3CC(C2)CC1C3. The van der Waals surface area contributed by atoms with Gasteiger partial charge in [-0.2, -0.15) is 0 Å². The molecular formula is C18H21BrO3. The maximum atomic E-state index is 12.0. The molecular weight excluding hydrogens is 344 g/mol. The summed E-state index contributed by atoms with van der Waals surface area (Å²) in [6.07, 6.45) is 6.94. The highest BCUT2D eigenvalue weighted by Crippen LogP contribution is 2.54. The van der Waals surface area contributed by atoms with Crippen LogP contribution in [-0.4, -0.2) is 19.2 Å². The molecule has 0 unspecified atom stereocenters. The lowest BCUT2D eigenvalue weighted by Gasteiger charge is -2.53. The first-order valence-corrected chi connectivity index (χ1v) is 8.98. The Bertz CT molecular complexity index is 570. The molecule has 0 saturated heterocycles. The fourth-order valence-corrected chi connectivity index (χ4v) is 5.45. The third-order valence-corrected chi connectivity index (χ3v) is 6.24. The van der Waals surface area contributed by atoms with E-state index in [1.807, 2.05) is 12.1 Å². The quantitative estimate of drug-likeness (QED) is 0.743. The molecule has 1 aromatic carbocycles. The molecule has 22 heavy (non-hydrogen) atoms. The Kier molecular flexibility index (Phi) is 3.67. The number of halogens is 1. The van der Waals surface area contributed by atoms with Gasteiger partial charge < -0.3 is 9.47 Å². The van der Waals surface area contributed by atoms with Crippen LogP contribution < -0.4 is 4.74 Å². The van der Waals surface area contributed by atoms with Crippen molar-refractivity contribution < 1.29 is 14.3 Å². The second kappa shape index (κ2) is 5.55. The normalized spacial score (nSPS) is 35.5. The largest absolute Gasteiger partial charge is 0.489 e. The zero-order valence-electron chi connectivity index (χ0n) is 12.8. The molecule has 118 valence electrons. The Morgan fingerprint density at radius 3 is 2.32 bits per heavy atom. The van der Waals surface area contributed by atoms with Gasteiger partial charge in [-0.05, 0) is 74.0 Å². The molecule has 4 heteroatoms. The van der Waals surface area contributed by atoms with Crippen molar-refractivity contribution in [2.24, 2.45) is 23.7 Å². The van der Waals surface area contributed by atoms with Gasteiger partial charge in [0, 0.05) is 4.47 Å². The molecule has 4 aliphatic carbocycles. The highest BCUT2D eigenvalue weighted by molar-refractivity contribution is 9.10. The monoisotopic (exact) mass is 364 g/mol. The molecule has 0 radical (unpaired) electrons. The Hall–Kier alpha value is -1.03. The second-order valence-electron chi connectivity index (χ2n) is 7.15. The fraction of sp³-hybridized carbons (Fsp3) is 0.611. The summed E-state index contributed by atoms with van der Waals surface area (Å²) in [5.74, 6) is 3.53. The summed E-state index contributed by atoms with van der Waals surface area (Å²) in [7, 11) is 1.41. The number of hydrogen-bond donors (Lipinski definition) is 0. The number of rotatable bonds is 3. The topological polar surface area (TPSA) is 35.5 Å². The zero-order valence-corrected chi connectivity index (χ0v) is 14.3. The molecule has 0 amide bonds. The van der Waals surface area contributed by atoms with Crippen LogP contribution in [-0.2, 0) is 4.74 Å². The van der Waals surface area contributed by atoms with E-state index in [9.17, 15) is 4.79 Å². The molecule has 0 spiro atoms. The zero-order chi connectivity index (χ0) is 15.3. The number of hydrogen-bond acceptors (Lipinski definition) is 3. The summed E-state index contributed by atoms with van der Waals surface area (Å²) in [6.45, 7) is 0. The Morgan fingerprint density at radius 1 is 1.09 bits per heavy atom. The summed E-state index contributed by atoms with van der Waals surface area (Å²) in [5.41, 5.74) is 0.519. The maximum absolute atomic E-state index is 12.0. The van der Waals surface area contributed by atoms with Crippen molar-refractivity contribution in [1.29, 1.82) is 0 Å². The van der Waals surface area contributed by atoms with Crippen LogP contribution in [0.4, 0.5) is 0 Å². The van der Waals surface area contributed by atoms with Gasteiger partial charge in [-0.25, -0.2) is 4.79 Å². The molecule has 0 heterocycles. The van der Waals surface area contributed by atoms with Crippen LogP contribution in [0.2, 0.25) is 0 Å². The fourth-order valence-electron chi connectivity index (χ4n) is 5.09. The maximum Gasteiger partial charge on any atom is 0.341 e. The lowest BCUT2D eigenvalue weighted by Crippen LogP contribution is -2.50. The molecule has 5 rings (SSSR count). The summed E-state index contributed by atoms with van der Waals surface area (Å²) in [6, 6.07) is 5.61.